The molecule has 0 aromatic heterocycles. The Balaban J connectivity index is 1.22. The van der Waals surface area contributed by atoms with Gasteiger partial charge in [0.2, 0.25) is 5.91 Å². The Labute approximate surface area is 174 Å². The second kappa shape index (κ2) is 8.08. The third-order valence-electron chi connectivity index (χ3n) is 6.41. The van der Waals surface area contributed by atoms with E-state index in [9.17, 15) is 14.0 Å². The van der Waals surface area contributed by atoms with Crippen LogP contribution in [0.3, 0.4) is 0 Å². The maximum atomic E-state index is 13.4. The van der Waals surface area contributed by atoms with Crippen LogP contribution in [0.15, 0.2) is 18.2 Å². The minimum absolute atomic E-state index is 0.00599. The van der Waals surface area contributed by atoms with Crippen LogP contribution in [0.5, 0.6) is 5.75 Å². The first-order valence-corrected chi connectivity index (χ1v) is 10.3. The highest BCUT2D eigenvalue weighted by atomic mass is 35.5. The van der Waals surface area contributed by atoms with Gasteiger partial charge >= 0.3 is 0 Å². The van der Waals surface area contributed by atoms with Crippen molar-refractivity contribution >= 4 is 23.4 Å². The first kappa shape index (κ1) is 20.4. The van der Waals surface area contributed by atoms with E-state index in [2.05, 4.69) is 20.9 Å². The lowest BCUT2D eigenvalue weighted by molar-refractivity contribution is -0.135. The molecule has 158 valence electrons. The number of carbonyl (C=O) groups excluding carboxylic acids is 2. The predicted octanol–water partition coefficient (Wildman–Crippen LogP) is 1.12. The summed E-state index contributed by atoms with van der Waals surface area (Å²) in [5.74, 6) is -0.206. The largest absolute Gasteiger partial charge is 0.484 e. The van der Waals surface area contributed by atoms with E-state index < -0.39 is 5.82 Å². The Morgan fingerprint density at radius 2 is 2.17 bits per heavy atom. The van der Waals surface area contributed by atoms with Crippen molar-refractivity contribution in [2.24, 2.45) is 11.3 Å². The Hall–Kier alpha value is -1.90. The van der Waals surface area contributed by atoms with Crippen LogP contribution in [0.4, 0.5) is 4.39 Å². The Morgan fingerprint density at radius 1 is 1.38 bits per heavy atom. The van der Waals surface area contributed by atoms with E-state index in [-0.39, 0.29) is 46.8 Å². The molecular formula is C20H26ClFN4O3. The average molecular weight is 425 g/mol. The molecule has 29 heavy (non-hydrogen) atoms. The smallest absolute Gasteiger partial charge is 0.258 e. The van der Waals surface area contributed by atoms with Gasteiger partial charge in [-0.3, -0.25) is 19.8 Å². The van der Waals surface area contributed by atoms with E-state index in [0.29, 0.717) is 18.9 Å². The summed E-state index contributed by atoms with van der Waals surface area (Å²) in [7, 11) is 2.04. The first-order valence-electron chi connectivity index (χ1n) is 9.95. The summed E-state index contributed by atoms with van der Waals surface area (Å²) >= 11 is 5.63. The molecule has 2 amide bonds. The number of halogens is 2. The van der Waals surface area contributed by atoms with Gasteiger partial charge in [0.05, 0.1) is 16.6 Å². The van der Waals surface area contributed by atoms with Crippen molar-refractivity contribution in [1.82, 2.24) is 20.9 Å². The van der Waals surface area contributed by atoms with E-state index in [4.69, 9.17) is 16.3 Å². The highest BCUT2D eigenvalue weighted by Crippen LogP contribution is 2.58. The molecule has 5 rings (SSSR count). The number of likely N-dealkylation sites (N-methyl/N-ethyl adjacent to an activating group) is 1. The third-order valence-corrected chi connectivity index (χ3v) is 6.71. The number of benzene rings is 1. The number of amides is 2. The molecule has 3 aliphatic carbocycles. The lowest BCUT2D eigenvalue weighted by Crippen LogP contribution is -2.50. The number of fused-ring (bicyclic) bond motifs is 1. The van der Waals surface area contributed by atoms with Crippen LogP contribution >= 0.6 is 11.6 Å². The molecule has 2 atom stereocenters. The van der Waals surface area contributed by atoms with Gasteiger partial charge in [0.1, 0.15) is 11.6 Å². The summed E-state index contributed by atoms with van der Waals surface area (Å²) in [6.07, 6.45) is 2.44. The highest BCUT2D eigenvalue weighted by Gasteiger charge is 2.60. The number of ether oxygens (including phenoxy) is 1. The predicted molar refractivity (Wildman–Crippen MR) is 106 cm³/mol. The van der Waals surface area contributed by atoms with Crippen LogP contribution in [0.1, 0.15) is 19.3 Å². The minimum Gasteiger partial charge on any atom is -0.484 e. The van der Waals surface area contributed by atoms with Crippen molar-refractivity contribution in [3.8, 4) is 5.75 Å². The minimum atomic E-state index is -0.590. The number of hydrogen-bond acceptors (Lipinski definition) is 5. The monoisotopic (exact) mass is 424 g/mol. The van der Waals surface area contributed by atoms with Gasteiger partial charge in [-0.25, -0.2) is 4.39 Å². The van der Waals surface area contributed by atoms with Gasteiger partial charge in [0.15, 0.2) is 6.61 Å². The molecule has 3 saturated carbocycles. The molecule has 1 saturated heterocycles. The van der Waals surface area contributed by atoms with Gasteiger partial charge in [-0.1, -0.05) is 11.6 Å². The zero-order valence-electron chi connectivity index (χ0n) is 16.3. The van der Waals surface area contributed by atoms with Gasteiger partial charge < -0.3 is 15.4 Å². The molecule has 1 aromatic rings. The average Bonchev–Trinajstić information content (AvgIpc) is 3.33. The zero-order valence-corrected chi connectivity index (χ0v) is 17.1. The van der Waals surface area contributed by atoms with Crippen molar-refractivity contribution in [3.63, 3.8) is 0 Å². The molecule has 0 radical (unpaired) electrons. The lowest BCUT2D eigenvalue weighted by Gasteiger charge is -2.37. The molecule has 4 aliphatic rings. The Bertz CT molecular complexity index is 802. The molecular weight excluding hydrogens is 399 g/mol. The zero-order chi connectivity index (χ0) is 20.6. The number of rotatable bonds is 7. The van der Waals surface area contributed by atoms with Crippen LogP contribution in [-0.4, -0.2) is 62.2 Å². The molecule has 7 nitrogen and oxygen atoms in total. The summed E-state index contributed by atoms with van der Waals surface area (Å²) < 4.78 is 18.8. The summed E-state index contributed by atoms with van der Waals surface area (Å²) in [5, 5.41) is 9.41. The molecule has 1 aliphatic heterocycles. The topological polar surface area (TPSA) is 82.7 Å². The summed E-state index contributed by atoms with van der Waals surface area (Å²) in [6, 6.07) is 4.03. The second-order valence-electron chi connectivity index (χ2n) is 8.35. The van der Waals surface area contributed by atoms with Crippen LogP contribution in [-0.2, 0) is 9.59 Å². The number of hydrogen-bond donors (Lipinski definition) is 3. The fourth-order valence-corrected chi connectivity index (χ4v) is 4.84. The Kier molecular flexibility index (Phi) is 5.68. The molecule has 1 heterocycles. The van der Waals surface area contributed by atoms with Crippen molar-refractivity contribution < 1.29 is 18.7 Å². The SMILES string of the molecule is CN1CCNC1CNC(=O)C12CC(C1)C(NC(=O)COc1ccc(Cl)c(F)c1)C2. The third kappa shape index (κ3) is 4.20. The summed E-state index contributed by atoms with van der Waals surface area (Å²) in [6.45, 7) is 2.29. The van der Waals surface area contributed by atoms with Gasteiger partial charge in [-0.2, -0.15) is 0 Å². The van der Waals surface area contributed by atoms with Gasteiger partial charge in [0, 0.05) is 31.7 Å². The lowest BCUT2D eigenvalue weighted by atomic mass is 9.69. The molecule has 2 unspecified atom stereocenters. The maximum absolute atomic E-state index is 13.4. The second-order valence-corrected chi connectivity index (χ2v) is 8.76. The normalized spacial score (nSPS) is 30.7. The molecule has 1 aromatic carbocycles. The Morgan fingerprint density at radius 3 is 2.86 bits per heavy atom. The number of nitrogens with zero attached hydrogens (tertiary/aromatic N) is 1. The van der Waals surface area contributed by atoms with E-state index in [1.807, 2.05) is 7.05 Å². The van der Waals surface area contributed by atoms with Crippen molar-refractivity contribution in [3.05, 3.63) is 29.0 Å². The maximum Gasteiger partial charge on any atom is 0.258 e. The quantitative estimate of drug-likeness (QED) is 0.611. The van der Waals surface area contributed by atoms with Crippen molar-refractivity contribution in [2.75, 3.05) is 33.3 Å². The van der Waals surface area contributed by atoms with Crippen LogP contribution in [0.2, 0.25) is 5.02 Å². The molecule has 0 spiro atoms. The fraction of sp³-hybridized carbons (Fsp3) is 0.600. The molecule has 3 N–H and O–H groups in total. The van der Waals surface area contributed by atoms with Crippen LogP contribution < -0.4 is 20.7 Å². The van der Waals surface area contributed by atoms with E-state index >= 15 is 0 Å². The summed E-state index contributed by atoms with van der Waals surface area (Å²) in [5.41, 5.74) is -0.361. The number of nitrogens with one attached hydrogen (secondary N) is 3. The highest BCUT2D eigenvalue weighted by molar-refractivity contribution is 6.30. The van der Waals surface area contributed by atoms with Gasteiger partial charge in [0.25, 0.3) is 5.91 Å². The fourth-order valence-electron chi connectivity index (χ4n) is 4.72. The van der Waals surface area contributed by atoms with E-state index in [0.717, 1.165) is 32.0 Å². The molecule has 2 bridgehead atoms. The first-order chi connectivity index (χ1) is 13.9. The standard InChI is InChI=1S/C20H26ClFN4O3/c1-26-5-4-23-17(26)10-24-19(28)20-7-12(8-20)16(9-20)25-18(27)11-29-13-2-3-14(21)15(22)6-13/h2-3,6,12,16-17,23H,4-5,7-11H2,1H3,(H,24,28)(H,25,27). The van der Waals surface area contributed by atoms with Crippen molar-refractivity contribution in [2.45, 2.75) is 31.5 Å². The molecule has 9 heteroatoms. The van der Waals surface area contributed by atoms with Gasteiger partial charge in [-0.15, -0.1) is 0 Å². The van der Waals surface area contributed by atoms with E-state index in [1.54, 1.807) is 0 Å². The van der Waals surface area contributed by atoms with Crippen LogP contribution in [0.25, 0.3) is 0 Å². The van der Waals surface area contributed by atoms with Gasteiger partial charge in [-0.05, 0) is 44.4 Å². The van der Waals surface area contributed by atoms with Crippen LogP contribution in [0, 0.1) is 17.2 Å². The summed E-state index contributed by atoms with van der Waals surface area (Å²) in [4.78, 5) is 27.1. The molecule has 4 fully saturated rings. The van der Waals surface area contributed by atoms with E-state index in [1.165, 1.54) is 12.1 Å². The number of carbonyl (C=O) groups is 2. The van der Waals surface area contributed by atoms with Crippen molar-refractivity contribution in [1.29, 1.82) is 0 Å².